The number of nitrogens with one attached hydrogen (secondary N) is 1. The summed E-state index contributed by atoms with van der Waals surface area (Å²) in [6.07, 6.45) is -0.927. The van der Waals surface area contributed by atoms with Gasteiger partial charge in [-0.05, 0) is 18.3 Å². The molecule has 2 N–H and O–H groups in total. The normalized spacial score (nSPS) is 16.9. The summed E-state index contributed by atoms with van der Waals surface area (Å²) in [6.45, 7) is 0. The molecule has 2 heterocycles. The van der Waals surface area contributed by atoms with Gasteiger partial charge in [-0.3, -0.25) is 14.3 Å². The average Bonchev–Trinajstić information content (AvgIpc) is 2.75. The number of nitrogens with zero attached hydrogens (tertiary/aromatic N) is 1. The maximum Gasteiger partial charge on any atom is 0.339 e. The minimum atomic E-state index is -0.927. The van der Waals surface area contributed by atoms with Crippen LogP contribution in [0.2, 0.25) is 0 Å². The van der Waals surface area contributed by atoms with E-state index >= 15 is 0 Å². The lowest BCUT2D eigenvalue weighted by Gasteiger charge is -2.13. The second kappa shape index (κ2) is 4.31. The number of ether oxygens (including phenoxy) is 1. The molecule has 0 saturated carbocycles. The molecule has 20 heavy (non-hydrogen) atoms. The number of benzene rings is 1. The van der Waals surface area contributed by atoms with Gasteiger partial charge in [0.2, 0.25) is 5.88 Å². The van der Waals surface area contributed by atoms with Crippen LogP contribution < -0.4 is 5.56 Å². The summed E-state index contributed by atoms with van der Waals surface area (Å²) in [5, 5.41) is 10.1. The molecule has 7 heteroatoms. The molecule has 1 aromatic carbocycles. The van der Waals surface area contributed by atoms with E-state index in [1.807, 2.05) is 0 Å². The number of carbonyl (C=O) groups is 1. The number of hydrogen-bond acceptors (Lipinski definition) is 5. The number of fused-ring (bicyclic) bond motifs is 1. The van der Waals surface area contributed by atoms with E-state index in [2.05, 4.69) is 4.98 Å². The fourth-order valence-electron chi connectivity index (χ4n) is 2.22. The zero-order valence-corrected chi connectivity index (χ0v) is 11.2. The van der Waals surface area contributed by atoms with Crippen molar-refractivity contribution in [1.82, 2.24) is 9.55 Å². The highest BCUT2D eigenvalue weighted by Gasteiger charge is 2.35. The van der Waals surface area contributed by atoms with E-state index in [0.29, 0.717) is 11.1 Å². The van der Waals surface area contributed by atoms with Crippen molar-refractivity contribution in [2.45, 2.75) is 6.10 Å². The summed E-state index contributed by atoms with van der Waals surface area (Å²) in [4.78, 5) is 26.3. The molecule has 6 nitrogen and oxygen atoms in total. The van der Waals surface area contributed by atoms with Crippen molar-refractivity contribution in [2.24, 2.45) is 7.05 Å². The summed E-state index contributed by atoms with van der Waals surface area (Å²) >= 11 is 4.90. The monoisotopic (exact) mass is 290 g/mol. The summed E-state index contributed by atoms with van der Waals surface area (Å²) < 4.78 is 6.55. The Morgan fingerprint density at radius 1 is 1.35 bits per heavy atom. The van der Waals surface area contributed by atoms with E-state index in [1.165, 1.54) is 11.6 Å². The number of esters is 1. The molecule has 1 aliphatic rings. The Morgan fingerprint density at radius 2 is 2.05 bits per heavy atom. The molecule has 102 valence electrons. The van der Waals surface area contributed by atoms with E-state index in [9.17, 15) is 14.7 Å². The highest BCUT2D eigenvalue weighted by molar-refractivity contribution is 7.71. The third-order valence-electron chi connectivity index (χ3n) is 3.28. The first-order valence-corrected chi connectivity index (χ1v) is 6.23. The quantitative estimate of drug-likeness (QED) is 0.613. The second-order valence-corrected chi connectivity index (χ2v) is 4.81. The molecule has 1 atom stereocenters. The zero-order valence-electron chi connectivity index (χ0n) is 10.4. The summed E-state index contributed by atoms with van der Waals surface area (Å²) in [6, 6.07) is 6.75. The Morgan fingerprint density at radius 3 is 2.80 bits per heavy atom. The molecule has 0 fully saturated rings. The lowest BCUT2D eigenvalue weighted by atomic mass is 10.0. The third-order valence-corrected chi connectivity index (χ3v) is 3.65. The van der Waals surface area contributed by atoms with Gasteiger partial charge in [0.1, 0.15) is 5.56 Å². The molecule has 0 radical (unpaired) electrons. The largest absolute Gasteiger partial charge is 0.494 e. The van der Waals surface area contributed by atoms with Gasteiger partial charge in [0.05, 0.1) is 5.56 Å². The first-order valence-electron chi connectivity index (χ1n) is 5.82. The standard InChI is InChI=1S/C13H10N2O4S/c1-15-11(17)8(10(16)14-13(15)20)9-6-4-2-3-5-7(6)12(18)19-9/h2-5,9,17H,1H3,(H,14,16,20)/t9-/m1/s1. The molecule has 0 bridgehead atoms. The topological polar surface area (TPSA) is 84.3 Å². The number of rotatable bonds is 1. The first kappa shape index (κ1) is 12.6. The van der Waals surface area contributed by atoms with Crippen molar-refractivity contribution in [3.8, 4) is 5.88 Å². The predicted octanol–water partition coefficient (Wildman–Crippen LogP) is 1.41. The Hall–Kier alpha value is -2.41. The average molecular weight is 290 g/mol. The van der Waals surface area contributed by atoms with Gasteiger partial charge in [-0.25, -0.2) is 4.79 Å². The van der Waals surface area contributed by atoms with Crippen LogP contribution in [-0.4, -0.2) is 20.6 Å². The lowest BCUT2D eigenvalue weighted by Crippen LogP contribution is -2.21. The molecule has 2 aromatic rings. The molecule has 1 aliphatic heterocycles. The second-order valence-electron chi connectivity index (χ2n) is 4.43. The van der Waals surface area contributed by atoms with E-state index in [4.69, 9.17) is 17.0 Å². The molecule has 0 saturated heterocycles. The van der Waals surface area contributed by atoms with Gasteiger partial charge in [-0.15, -0.1) is 0 Å². The number of cyclic esters (lactones) is 1. The number of carbonyl (C=O) groups excluding carboxylic acids is 1. The zero-order chi connectivity index (χ0) is 14.4. The van der Waals surface area contributed by atoms with Crippen molar-refractivity contribution in [2.75, 3.05) is 0 Å². The summed E-state index contributed by atoms with van der Waals surface area (Å²) in [7, 11) is 1.51. The SMILES string of the molecule is Cn1c(O)c([C@@H]2OC(=O)c3ccccc32)c(=O)[nH]c1=S. The van der Waals surface area contributed by atoms with Gasteiger partial charge in [0.15, 0.2) is 10.9 Å². The fraction of sp³-hybridized carbons (Fsp3) is 0.154. The van der Waals surface area contributed by atoms with Crippen molar-refractivity contribution in [3.05, 3.63) is 56.1 Å². The molecule has 3 rings (SSSR count). The molecule has 0 unspecified atom stereocenters. The Bertz CT molecular complexity index is 837. The number of H-pyrrole nitrogens is 1. The highest BCUT2D eigenvalue weighted by atomic mass is 32.1. The van der Waals surface area contributed by atoms with Crippen molar-refractivity contribution >= 4 is 18.2 Å². The van der Waals surface area contributed by atoms with Crippen molar-refractivity contribution < 1.29 is 14.6 Å². The number of aromatic amines is 1. The Labute approximate surface area is 118 Å². The van der Waals surface area contributed by atoms with Crippen LogP contribution in [0.15, 0.2) is 29.1 Å². The van der Waals surface area contributed by atoms with E-state index in [1.54, 1.807) is 24.3 Å². The summed E-state index contributed by atoms with van der Waals surface area (Å²) in [5.74, 6) is -0.831. The molecule has 0 aliphatic carbocycles. The maximum atomic E-state index is 12.0. The lowest BCUT2D eigenvalue weighted by molar-refractivity contribution is 0.0449. The van der Waals surface area contributed by atoms with Gasteiger partial charge >= 0.3 is 5.97 Å². The van der Waals surface area contributed by atoms with E-state index in [0.717, 1.165) is 0 Å². The third kappa shape index (κ3) is 1.67. The fourth-order valence-corrected chi connectivity index (χ4v) is 2.40. The van der Waals surface area contributed by atoms with Gasteiger partial charge in [-0.2, -0.15) is 0 Å². The van der Waals surface area contributed by atoms with Gasteiger partial charge in [-0.1, -0.05) is 18.2 Å². The number of aromatic hydroxyl groups is 1. The first-order chi connectivity index (χ1) is 9.50. The molecule has 1 aromatic heterocycles. The van der Waals surface area contributed by atoms with E-state index < -0.39 is 17.6 Å². The Balaban J connectivity index is 2.27. The minimum absolute atomic E-state index is 0.0283. The van der Waals surface area contributed by atoms with Crippen LogP contribution in [0.1, 0.15) is 27.6 Å². The van der Waals surface area contributed by atoms with Crippen LogP contribution in [-0.2, 0) is 11.8 Å². The van der Waals surface area contributed by atoms with Gasteiger partial charge < -0.3 is 9.84 Å². The Kier molecular flexibility index (Phi) is 2.72. The highest BCUT2D eigenvalue weighted by Crippen LogP contribution is 2.37. The van der Waals surface area contributed by atoms with Crippen LogP contribution in [0.25, 0.3) is 0 Å². The van der Waals surface area contributed by atoms with Crippen LogP contribution in [0.3, 0.4) is 0 Å². The number of aromatic nitrogens is 2. The summed E-state index contributed by atoms with van der Waals surface area (Å²) in [5.41, 5.74) is 0.344. The van der Waals surface area contributed by atoms with Gasteiger partial charge in [0.25, 0.3) is 5.56 Å². The van der Waals surface area contributed by atoms with Crippen LogP contribution in [0.4, 0.5) is 0 Å². The predicted molar refractivity (Wildman–Crippen MR) is 72.2 cm³/mol. The molecule has 0 spiro atoms. The van der Waals surface area contributed by atoms with E-state index in [-0.39, 0.29) is 16.2 Å². The minimum Gasteiger partial charge on any atom is -0.494 e. The number of hydrogen-bond donors (Lipinski definition) is 2. The molecular weight excluding hydrogens is 280 g/mol. The van der Waals surface area contributed by atoms with Crippen LogP contribution in [0.5, 0.6) is 5.88 Å². The maximum absolute atomic E-state index is 12.0. The molecular formula is C13H10N2O4S. The van der Waals surface area contributed by atoms with Crippen LogP contribution >= 0.6 is 12.2 Å². The van der Waals surface area contributed by atoms with Crippen molar-refractivity contribution in [3.63, 3.8) is 0 Å². The van der Waals surface area contributed by atoms with Crippen LogP contribution in [0, 0.1) is 4.77 Å². The smallest absolute Gasteiger partial charge is 0.339 e. The van der Waals surface area contributed by atoms with Crippen molar-refractivity contribution in [1.29, 1.82) is 0 Å². The molecule has 0 amide bonds. The van der Waals surface area contributed by atoms with Gasteiger partial charge in [0, 0.05) is 12.6 Å².